The summed E-state index contributed by atoms with van der Waals surface area (Å²) < 4.78 is 0.894. The fourth-order valence-corrected chi connectivity index (χ4v) is 1.89. The van der Waals surface area contributed by atoms with Gasteiger partial charge in [-0.3, -0.25) is 0 Å². The minimum atomic E-state index is -0.580. The summed E-state index contributed by atoms with van der Waals surface area (Å²) in [6.45, 7) is 0. The lowest BCUT2D eigenvalue weighted by Gasteiger charge is -2.11. The van der Waals surface area contributed by atoms with Gasteiger partial charge in [0.2, 0.25) is 0 Å². The first-order valence-electron chi connectivity index (χ1n) is 5.07. The Morgan fingerprint density at radius 1 is 1.16 bits per heavy atom. The van der Waals surface area contributed by atoms with Crippen LogP contribution in [0.25, 0.3) is 0 Å². The number of nitrogens with one attached hydrogen (secondary N) is 1. The molecule has 1 heterocycles. The largest absolute Gasteiger partial charge is 0.353 e. The molecular weight excluding hydrogens is 330 g/mol. The molecule has 0 aliphatic rings. The van der Waals surface area contributed by atoms with Gasteiger partial charge in [0.05, 0.1) is 5.69 Å². The van der Waals surface area contributed by atoms with E-state index in [0.717, 1.165) is 4.47 Å². The highest BCUT2D eigenvalue weighted by atomic mass is 79.9. The Morgan fingerprint density at radius 2 is 1.79 bits per heavy atom. The van der Waals surface area contributed by atoms with Crippen LogP contribution in [0.1, 0.15) is 5.56 Å². The molecule has 0 saturated carbocycles. The number of anilines is 2. The van der Waals surface area contributed by atoms with Gasteiger partial charge in [-0.15, -0.1) is 11.5 Å². The maximum atomic E-state index is 9.52. The summed E-state index contributed by atoms with van der Waals surface area (Å²) in [5.41, 5.74) is 19.6. The second-order valence-corrected chi connectivity index (χ2v) is 4.86. The van der Waals surface area contributed by atoms with Crippen LogP contribution in [0.4, 0.5) is 23.0 Å². The van der Waals surface area contributed by atoms with Gasteiger partial charge in [-0.25, -0.2) is 4.98 Å². The minimum absolute atomic E-state index is 0.108. The van der Waals surface area contributed by atoms with Gasteiger partial charge in [0.1, 0.15) is 16.7 Å². The van der Waals surface area contributed by atoms with Crippen molar-refractivity contribution in [2.45, 2.75) is 0 Å². The standard InChI is InChI=1S/C12H5BrClN5/c13-6-1-3-7(4-2-6)18-10-8(5-15)11(16)19-12(17)9(10)14/h1-4H,(H,18,19). The lowest BCUT2D eigenvalue weighted by molar-refractivity contribution is 1.19. The smallest absolute Gasteiger partial charge is 0.197 e. The summed E-state index contributed by atoms with van der Waals surface area (Å²) in [6, 6.07) is 8.87. The van der Waals surface area contributed by atoms with E-state index in [1.54, 1.807) is 30.3 Å². The average molecular weight is 335 g/mol. The zero-order valence-electron chi connectivity index (χ0n) is 9.35. The molecule has 0 unspecified atom stereocenters. The third-order valence-electron chi connectivity index (χ3n) is 2.33. The Hall–Kier alpha value is -1.97. The molecule has 0 saturated heterocycles. The SMILES string of the molecule is [N]c1nc([N])c(C#N)c(Nc2ccc(Br)cc2)c1Cl. The molecule has 0 aliphatic carbocycles. The van der Waals surface area contributed by atoms with Gasteiger partial charge in [-0.05, 0) is 24.3 Å². The molecule has 0 amide bonds. The Kier molecular flexibility index (Phi) is 3.79. The lowest BCUT2D eigenvalue weighted by Crippen LogP contribution is -1.99. The summed E-state index contributed by atoms with van der Waals surface area (Å²) in [6.07, 6.45) is 0. The molecule has 1 aromatic carbocycles. The van der Waals surface area contributed by atoms with Crippen LogP contribution in [0.15, 0.2) is 28.7 Å². The van der Waals surface area contributed by atoms with E-state index in [1.807, 2.05) is 0 Å². The Balaban J connectivity index is 2.50. The zero-order chi connectivity index (χ0) is 14.0. The van der Waals surface area contributed by atoms with Crippen molar-refractivity contribution in [2.75, 3.05) is 5.32 Å². The number of pyridine rings is 1. The van der Waals surface area contributed by atoms with Crippen molar-refractivity contribution in [1.29, 1.82) is 5.26 Å². The first kappa shape index (κ1) is 13.5. The molecule has 92 valence electrons. The van der Waals surface area contributed by atoms with Gasteiger partial charge < -0.3 is 5.32 Å². The van der Waals surface area contributed by atoms with Crippen molar-refractivity contribution in [3.05, 3.63) is 39.3 Å². The molecule has 0 spiro atoms. The van der Waals surface area contributed by atoms with Crippen LogP contribution in [-0.2, 0) is 0 Å². The summed E-state index contributed by atoms with van der Waals surface area (Å²) in [4.78, 5) is 3.37. The van der Waals surface area contributed by atoms with Crippen molar-refractivity contribution in [3.63, 3.8) is 0 Å². The molecule has 1 N–H and O–H groups in total. The molecule has 7 heteroatoms. The monoisotopic (exact) mass is 333 g/mol. The van der Waals surface area contributed by atoms with Gasteiger partial charge in [0.25, 0.3) is 0 Å². The highest BCUT2D eigenvalue weighted by Gasteiger charge is 2.18. The van der Waals surface area contributed by atoms with Crippen LogP contribution in [-0.4, -0.2) is 4.98 Å². The van der Waals surface area contributed by atoms with Gasteiger partial charge >= 0.3 is 0 Å². The zero-order valence-corrected chi connectivity index (χ0v) is 11.7. The van der Waals surface area contributed by atoms with E-state index < -0.39 is 11.6 Å². The predicted octanol–water partition coefficient (Wildman–Crippen LogP) is 3.51. The van der Waals surface area contributed by atoms with E-state index in [-0.39, 0.29) is 16.3 Å². The van der Waals surface area contributed by atoms with Crippen molar-refractivity contribution < 1.29 is 0 Å². The van der Waals surface area contributed by atoms with Crippen LogP contribution < -0.4 is 16.8 Å². The number of hydrogen-bond acceptors (Lipinski definition) is 3. The molecule has 5 nitrogen and oxygen atoms in total. The van der Waals surface area contributed by atoms with E-state index in [9.17, 15) is 11.5 Å². The molecule has 0 atom stereocenters. The Labute approximate surface area is 123 Å². The predicted molar refractivity (Wildman–Crippen MR) is 75.0 cm³/mol. The molecule has 0 bridgehead atoms. The third-order valence-corrected chi connectivity index (χ3v) is 3.21. The molecule has 1 aromatic heterocycles. The second-order valence-electron chi connectivity index (χ2n) is 3.57. The lowest BCUT2D eigenvalue weighted by atomic mass is 10.2. The summed E-state index contributed by atoms with van der Waals surface area (Å²) >= 11 is 9.18. The third kappa shape index (κ3) is 2.72. The number of nitrogens with zero attached hydrogens (tertiary/aromatic N) is 4. The Bertz CT molecular complexity index is 663. The van der Waals surface area contributed by atoms with Gasteiger partial charge in [0.15, 0.2) is 11.6 Å². The molecule has 2 aromatic rings. The molecule has 4 radical (unpaired) electrons. The topological polar surface area (TPSA) is 93.3 Å². The number of hydrogen-bond donors (Lipinski definition) is 1. The summed E-state index contributed by atoms with van der Waals surface area (Å²) in [7, 11) is 0. The van der Waals surface area contributed by atoms with Crippen molar-refractivity contribution >= 4 is 50.5 Å². The summed E-state index contributed by atoms with van der Waals surface area (Å²) in [5, 5.41) is 11.7. The molecule has 19 heavy (non-hydrogen) atoms. The van der Waals surface area contributed by atoms with E-state index >= 15 is 0 Å². The summed E-state index contributed by atoms with van der Waals surface area (Å²) in [5.74, 6) is -1.12. The van der Waals surface area contributed by atoms with Crippen LogP contribution in [0, 0.1) is 11.3 Å². The second kappa shape index (κ2) is 5.34. The number of halogens is 2. The Morgan fingerprint density at radius 3 is 2.37 bits per heavy atom. The highest BCUT2D eigenvalue weighted by molar-refractivity contribution is 9.10. The van der Waals surface area contributed by atoms with Gasteiger partial charge in [-0.1, -0.05) is 27.5 Å². The van der Waals surface area contributed by atoms with Crippen LogP contribution in [0.2, 0.25) is 5.02 Å². The minimum Gasteiger partial charge on any atom is -0.353 e. The first-order chi connectivity index (χ1) is 9.02. The quantitative estimate of drug-likeness (QED) is 0.910. The van der Waals surface area contributed by atoms with E-state index in [0.29, 0.717) is 5.69 Å². The number of rotatable bonds is 2. The number of aromatic nitrogens is 1. The van der Waals surface area contributed by atoms with Gasteiger partial charge in [0, 0.05) is 10.2 Å². The average Bonchev–Trinajstić information content (AvgIpc) is 2.38. The first-order valence-corrected chi connectivity index (χ1v) is 6.24. The van der Waals surface area contributed by atoms with Crippen molar-refractivity contribution in [3.8, 4) is 6.07 Å². The molecule has 0 fully saturated rings. The number of benzene rings is 1. The number of nitriles is 1. The molecule has 2 rings (SSSR count). The van der Waals surface area contributed by atoms with E-state index in [1.165, 1.54) is 0 Å². The van der Waals surface area contributed by atoms with Crippen molar-refractivity contribution in [2.24, 2.45) is 0 Å². The van der Waals surface area contributed by atoms with Crippen LogP contribution in [0.3, 0.4) is 0 Å². The van der Waals surface area contributed by atoms with Crippen LogP contribution >= 0.6 is 27.5 Å². The van der Waals surface area contributed by atoms with E-state index in [2.05, 4.69) is 26.2 Å². The van der Waals surface area contributed by atoms with Crippen LogP contribution in [0.5, 0.6) is 0 Å². The van der Waals surface area contributed by atoms with E-state index in [4.69, 9.17) is 16.9 Å². The maximum absolute atomic E-state index is 9.52. The van der Waals surface area contributed by atoms with Crippen molar-refractivity contribution in [1.82, 2.24) is 16.5 Å². The highest BCUT2D eigenvalue weighted by Crippen LogP contribution is 2.36. The fourth-order valence-electron chi connectivity index (χ4n) is 1.44. The van der Waals surface area contributed by atoms with Gasteiger partial charge in [-0.2, -0.15) is 5.26 Å². The molecule has 0 aliphatic heterocycles. The maximum Gasteiger partial charge on any atom is 0.197 e. The molecular formula is C12H5BrClN5. The normalized spacial score (nSPS) is 9.95. The fraction of sp³-hybridized carbons (Fsp3) is 0.